The first-order chi connectivity index (χ1) is 10.0. The van der Waals surface area contributed by atoms with E-state index in [1.807, 2.05) is 18.5 Å². The van der Waals surface area contributed by atoms with Crippen LogP contribution in [0.15, 0.2) is 0 Å². The maximum Gasteiger partial charge on any atom is 0.0940 e. The average molecular weight is 315 g/mol. The molecule has 1 aliphatic carbocycles. The van der Waals surface area contributed by atoms with Crippen molar-refractivity contribution in [2.45, 2.75) is 77.0 Å². The van der Waals surface area contributed by atoms with Crippen LogP contribution in [-0.4, -0.2) is 33.7 Å². The lowest BCUT2D eigenvalue weighted by Gasteiger charge is -2.36. The van der Waals surface area contributed by atoms with Gasteiger partial charge in [-0.05, 0) is 26.7 Å². The number of ether oxygens (including phenoxy) is 1. The zero-order chi connectivity index (χ0) is 15.5. The fraction of sp³-hybridized carbons (Fsp3) is 0.812. The van der Waals surface area contributed by atoms with Gasteiger partial charge in [0.1, 0.15) is 0 Å². The molecule has 0 spiro atoms. The van der Waals surface area contributed by atoms with Crippen LogP contribution in [0, 0.1) is 6.92 Å². The highest BCUT2D eigenvalue weighted by Gasteiger charge is 2.39. The van der Waals surface area contributed by atoms with E-state index < -0.39 is 11.7 Å². The van der Waals surface area contributed by atoms with E-state index >= 15 is 0 Å². The van der Waals surface area contributed by atoms with Crippen LogP contribution in [0.4, 0.5) is 0 Å². The topological polar surface area (TPSA) is 47.3 Å². The summed E-state index contributed by atoms with van der Waals surface area (Å²) >= 11 is 6.36. The Morgan fingerprint density at radius 1 is 1.33 bits per heavy atom. The maximum atomic E-state index is 10.8. The number of hydrogen-bond acceptors (Lipinski definition) is 3. The lowest BCUT2D eigenvalue weighted by Crippen LogP contribution is -2.45. The summed E-state index contributed by atoms with van der Waals surface area (Å²) in [7, 11) is 1.72. The molecule has 4 nitrogen and oxygen atoms in total. The number of aryl methyl sites for hydroxylation is 2. The van der Waals surface area contributed by atoms with Gasteiger partial charge in [-0.2, -0.15) is 5.10 Å². The molecule has 2 rings (SSSR count). The van der Waals surface area contributed by atoms with Gasteiger partial charge in [-0.3, -0.25) is 4.68 Å². The van der Waals surface area contributed by atoms with E-state index in [2.05, 4.69) is 5.10 Å². The summed E-state index contributed by atoms with van der Waals surface area (Å²) in [6.07, 6.45) is 6.48. The van der Waals surface area contributed by atoms with Crippen LogP contribution in [0.2, 0.25) is 5.02 Å². The van der Waals surface area contributed by atoms with E-state index in [4.69, 9.17) is 16.3 Å². The van der Waals surface area contributed by atoms with Gasteiger partial charge in [-0.1, -0.05) is 37.3 Å². The number of nitrogens with zero attached hydrogens (tertiary/aromatic N) is 2. The second kappa shape index (κ2) is 7.12. The van der Waals surface area contributed by atoms with Crippen LogP contribution >= 0.6 is 11.6 Å². The zero-order valence-electron chi connectivity index (χ0n) is 13.4. The monoisotopic (exact) mass is 314 g/mol. The predicted octanol–water partition coefficient (Wildman–Crippen LogP) is 3.51. The van der Waals surface area contributed by atoms with E-state index in [9.17, 15) is 5.11 Å². The first-order valence-corrected chi connectivity index (χ1v) is 8.37. The minimum Gasteiger partial charge on any atom is -0.390 e. The molecule has 0 aromatic carbocycles. The molecule has 0 aliphatic heterocycles. The molecule has 120 valence electrons. The summed E-state index contributed by atoms with van der Waals surface area (Å²) in [5, 5.41) is 15.9. The minimum atomic E-state index is -0.542. The summed E-state index contributed by atoms with van der Waals surface area (Å²) in [6.45, 7) is 4.70. The molecule has 1 heterocycles. The fourth-order valence-electron chi connectivity index (χ4n) is 3.43. The molecule has 0 bridgehead atoms. The lowest BCUT2D eigenvalue weighted by molar-refractivity contribution is -0.111. The van der Waals surface area contributed by atoms with Crippen molar-refractivity contribution in [2.24, 2.45) is 0 Å². The van der Waals surface area contributed by atoms with Crippen molar-refractivity contribution in [1.29, 1.82) is 0 Å². The fourth-order valence-corrected chi connectivity index (χ4v) is 3.65. The standard InChI is InChI=1S/C16H27ClN2O2/c1-4-19-13(15(17)12(2)18-19)11-14(20)16(21-3)9-7-5-6-8-10-16/h14,20H,4-11H2,1-3H3. The molecule has 0 radical (unpaired) electrons. The first-order valence-electron chi connectivity index (χ1n) is 7.99. The summed E-state index contributed by atoms with van der Waals surface area (Å²) in [5.41, 5.74) is 1.31. The molecule has 1 saturated carbocycles. The molecule has 1 fully saturated rings. The van der Waals surface area contributed by atoms with Crippen molar-refractivity contribution in [3.05, 3.63) is 16.4 Å². The van der Waals surface area contributed by atoms with Crippen molar-refractivity contribution >= 4 is 11.6 Å². The third-order valence-corrected chi connectivity index (χ3v) is 5.29. The second-order valence-corrected chi connectivity index (χ2v) is 6.44. The summed E-state index contributed by atoms with van der Waals surface area (Å²) in [6, 6.07) is 0. The van der Waals surface area contributed by atoms with Gasteiger partial charge >= 0.3 is 0 Å². The second-order valence-electron chi connectivity index (χ2n) is 6.06. The molecular formula is C16H27ClN2O2. The van der Waals surface area contributed by atoms with Crippen LogP contribution < -0.4 is 0 Å². The average Bonchev–Trinajstić information content (AvgIpc) is 2.69. The Kier molecular flexibility index (Phi) is 5.69. The Morgan fingerprint density at radius 3 is 2.48 bits per heavy atom. The molecule has 1 unspecified atom stereocenters. The van der Waals surface area contributed by atoms with Crippen LogP contribution in [-0.2, 0) is 17.7 Å². The highest BCUT2D eigenvalue weighted by molar-refractivity contribution is 6.31. The molecule has 1 atom stereocenters. The highest BCUT2D eigenvalue weighted by atomic mass is 35.5. The third-order valence-electron chi connectivity index (χ3n) is 4.80. The number of aromatic nitrogens is 2. The number of aliphatic hydroxyl groups is 1. The largest absolute Gasteiger partial charge is 0.390 e. The quantitative estimate of drug-likeness (QED) is 0.846. The third kappa shape index (κ3) is 3.43. The first kappa shape index (κ1) is 16.8. The molecule has 5 heteroatoms. The SMILES string of the molecule is CCn1nc(C)c(Cl)c1CC(O)C1(OC)CCCCCC1. The smallest absolute Gasteiger partial charge is 0.0940 e. The van der Waals surface area contributed by atoms with Gasteiger partial charge in [-0.25, -0.2) is 0 Å². The number of rotatable bonds is 5. The van der Waals surface area contributed by atoms with Gasteiger partial charge in [0.15, 0.2) is 0 Å². The predicted molar refractivity (Wildman–Crippen MR) is 84.8 cm³/mol. The minimum absolute atomic E-state index is 0.434. The Morgan fingerprint density at radius 2 is 1.95 bits per heavy atom. The molecule has 0 amide bonds. The number of aliphatic hydroxyl groups excluding tert-OH is 1. The Balaban J connectivity index is 2.21. The molecule has 1 N–H and O–H groups in total. The highest BCUT2D eigenvalue weighted by Crippen LogP contribution is 2.35. The van der Waals surface area contributed by atoms with Gasteiger partial charge in [0.25, 0.3) is 0 Å². The summed E-state index contributed by atoms with van der Waals surface area (Å²) in [5.74, 6) is 0. The molecule has 1 aliphatic rings. The van der Waals surface area contributed by atoms with Crippen LogP contribution in [0.3, 0.4) is 0 Å². The summed E-state index contributed by atoms with van der Waals surface area (Å²) in [4.78, 5) is 0. The van der Waals surface area contributed by atoms with Crippen molar-refractivity contribution in [2.75, 3.05) is 7.11 Å². The lowest BCUT2D eigenvalue weighted by atomic mass is 9.85. The van der Waals surface area contributed by atoms with Gasteiger partial charge in [0.05, 0.1) is 28.1 Å². The zero-order valence-corrected chi connectivity index (χ0v) is 14.1. The van der Waals surface area contributed by atoms with E-state index in [1.165, 1.54) is 12.8 Å². The van der Waals surface area contributed by atoms with Crippen LogP contribution in [0.1, 0.15) is 56.8 Å². The Bertz CT molecular complexity index is 465. The van der Waals surface area contributed by atoms with Crippen molar-refractivity contribution in [3.63, 3.8) is 0 Å². The molecule has 1 aromatic rings. The van der Waals surface area contributed by atoms with E-state index in [1.54, 1.807) is 7.11 Å². The Labute approximate surface area is 132 Å². The van der Waals surface area contributed by atoms with E-state index in [-0.39, 0.29) is 0 Å². The van der Waals surface area contributed by atoms with Gasteiger partial charge in [0, 0.05) is 20.1 Å². The number of halogens is 1. The van der Waals surface area contributed by atoms with Crippen LogP contribution in [0.5, 0.6) is 0 Å². The molecule has 21 heavy (non-hydrogen) atoms. The van der Waals surface area contributed by atoms with Crippen molar-refractivity contribution in [1.82, 2.24) is 9.78 Å². The normalized spacial score (nSPS) is 20.2. The molecular weight excluding hydrogens is 288 g/mol. The number of methoxy groups -OCH3 is 1. The maximum absolute atomic E-state index is 10.8. The van der Waals surface area contributed by atoms with Gasteiger partial charge < -0.3 is 9.84 Å². The van der Waals surface area contributed by atoms with Gasteiger partial charge in [0.2, 0.25) is 0 Å². The number of hydrogen-bond donors (Lipinski definition) is 1. The van der Waals surface area contributed by atoms with E-state index in [0.29, 0.717) is 11.4 Å². The summed E-state index contributed by atoms with van der Waals surface area (Å²) < 4.78 is 7.68. The van der Waals surface area contributed by atoms with Crippen LogP contribution in [0.25, 0.3) is 0 Å². The van der Waals surface area contributed by atoms with Crippen molar-refractivity contribution < 1.29 is 9.84 Å². The Hall–Kier alpha value is -0.580. The van der Waals surface area contributed by atoms with Gasteiger partial charge in [-0.15, -0.1) is 0 Å². The van der Waals surface area contributed by atoms with Crippen molar-refractivity contribution in [3.8, 4) is 0 Å². The molecule has 0 saturated heterocycles. The molecule has 1 aromatic heterocycles. The van der Waals surface area contributed by atoms with E-state index in [0.717, 1.165) is 43.6 Å².